The lowest BCUT2D eigenvalue weighted by Crippen LogP contribution is -2.42. The molecule has 0 unspecified atom stereocenters. The predicted molar refractivity (Wildman–Crippen MR) is 112 cm³/mol. The molecule has 1 amide bonds. The first-order valence-electron chi connectivity index (χ1n) is 9.64. The summed E-state index contributed by atoms with van der Waals surface area (Å²) < 4.78 is 5.43. The van der Waals surface area contributed by atoms with E-state index >= 15 is 0 Å². The van der Waals surface area contributed by atoms with Crippen LogP contribution in [0.2, 0.25) is 0 Å². The lowest BCUT2D eigenvalue weighted by atomic mass is 10.1. The van der Waals surface area contributed by atoms with Gasteiger partial charge in [-0.2, -0.15) is 0 Å². The first-order valence-corrected chi connectivity index (χ1v) is 11.3. The van der Waals surface area contributed by atoms with Crippen molar-refractivity contribution in [3.8, 4) is 0 Å². The van der Waals surface area contributed by atoms with E-state index in [1.165, 1.54) is 22.2 Å². The number of morpholine rings is 1. The zero-order chi connectivity index (χ0) is 18.9. The molecule has 2 aromatic heterocycles. The van der Waals surface area contributed by atoms with E-state index in [1.54, 1.807) is 29.4 Å². The van der Waals surface area contributed by atoms with E-state index in [-0.39, 0.29) is 11.2 Å². The Morgan fingerprint density at radius 2 is 1.96 bits per heavy atom. The normalized spacial score (nSPS) is 17.6. The fourth-order valence-electron chi connectivity index (χ4n) is 3.94. The smallest absolute Gasteiger partial charge is 0.240 e. The molecule has 7 heteroatoms. The van der Waals surface area contributed by atoms with Crippen LogP contribution in [0, 0.1) is 0 Å². The molecule has 0 bridgehead atoms. The maximum atomic E-state index is 13.4. The third kappa shape index (κ3) is 3.32. The summed E-state index contributed by atoms with van der Waals surface area (Å²) in [5, 5.41) is 1.79. The van der Waals surface area contributed by atoms with Gasteiger partial charge in [0, 0.05) is 23.4 Å². The van der Waals surface area contributed by atoms with Gasteiger partial charge < -0.3 is 9.64 Å². The Morgan fingerprint density at radius 3 is 2.79 bits per heavy atom. The Morgan fingerprint density at radius 1 is 1.14 bits per heavy atom. The topological polar surface area (TPSA) is 55.3 Å². The number of carbonyl (C=O) groups is 1. The van der Waals surface area contributed by atoms with Gasteiger partial charge >= 0.3 is 0 Å². The third-order valence-corrected chi connectivity index (χ3v) is 7.79. The molecule has 5 rings (SSSR count). The minimum Gasteiger partial charge on any atom is -0.378 e. The van der Waals surface area contributed by atoms with Crippen molar-refractivity contribution in [1.29, 1.82) is 0 Å². The maximum Gasteiger partial charge on any atom is 0.240 e. The molecule has 1 aliphatic heterocycles. The molecule has 1 aliphatic carbocycles. The van der Waals surface area contributed by atoms with E-state index in [1.807, 2.05) is 35.2 Å². The Hall–Kier alpha value is -1.96. The first kappa shape index (κ1) is 18.1. The molecule has 2 aliphatic rings. The highest BCUT2D eigenvalue weighted by Crippen LogP contribution is 2.44. The number of hydrogen-bond acceptors (Lipinski definition) is 6. The van der Waals surface area contributed by atoms with Crippen molar-refractivity contribution in [2.45, 2.75) is 29.5 Å². The quantitative estimate of drug-likeness (QED) is 0.482. The van der Waals surface area contributed by atoms with Gasteiger partial charge in [-0.25, -0.2) is 9.97 Å². The predicted octanol–water partition coefficient (Wildman–Crippen LogP) is 3.87. The number of amides is 1. The molecule has 28 heavy (non-hydrogen) atoms. The minimum absolute atomic E-state index is 0.137. The Labute approximate surface area is 172 Å². The molecule has 1 saturated heterocycles. The fraction of sp³-hybridized carbons (Fsp3) is 0.381. The van der Waals surface area contributed by atoms with Gasteiger partial charge in [0.1, 0.15) is 21.4 Å². The Balaban J connectivity index is 1.53. The van der Waals surface area contributed by atoms with E-state index in [0.717, 1.165) is 28.3 Å². The van der Waals surface area contributed by atoms with Gasteiger partial charge in [-0.1, -0.05) is 42.1 Å². The van der Waals surface area contributed by atoms with Crippen molar-refractivity contribution >= 4 is 39.2 Å². The van der Waals surface area contributed by atoms with Crippen LogP contribution in [0.15, 0.2) is 41.7 Å². The van der Waals surface area contributed by atoms with E-state index < -0.39 is 0 Å². The number of thioether (sulfide) groups is 1. The average Bonchev–Trinajstić information content (AvgIpc) is 3.34. The average molecular weight is 412 g/mol. The molecule has 0 radical (unpaired) electrons. The summed E-state index contributed by atoms with van der Waals surface area (Å²) in [5.41, 5.74) is 2.41. The molecule has 3 aromatic rings. The summed E-state index contributed by atoms with van der Waals surface area (Å²) in [5.74, 6) is 0.137. The molecule has 0 N–H and O–H groups in total. The summed E-state index contributed by atoms with van der Waals surface area (Å²) in [4.78, 5) is 26.9. The molecule has 3 heterocycles. The first-order chi connectivity index (χ1) is 13.8. The van der Waals surface area contributed by atoms with E-state index in [9.17, 15) is 4.79 Å². The number of ether oxygens (including phenoxy) is 1. The highest BCUT2D eigenvalue weighted by Gasteiger charge is 2.30. The van der Waals surface area contributed by atoms with Crippen molar-refractivity contribution in [2.75, 3.05) is 26.3 Å². The number of fused-ring (bicyclic) bond motifs is 3. The molecule has 1 aromatic carbocycles. The number of carbonyl (C=O) groups excluding carboxylic acids is 1. The number of hydrogen-bond donors (Lipinski definition) is 0. The summed E-state index contributed by atoms with van der Waals surface area (Å²) >= 11 is 3.35. The number of benzene rings is 1. The van der Waals surface area contributed by atoms with E-state index in [2.05, 4.69) is 9.97 Å². The van der Waals surface area contributed by atoms with Crippen LogP contribution < -0.4 is 0 Å². The minimum atomic E-state index is -0.311. The highest BCUT2D eigenvalue weighted by atomic mass is 32.2. The highest BCUT2D eigenvalue weighted by molar-refractivity contribution is 8.00. The standard InChI is InChI=1S/C21H21N3O2S2/c25-21(24-9-11-26-12-10-24)18(14-5-2-1-3-6-14)28-20-17-15-7-4-8-16(15)27-19(17)22-13-23-20/h1-3,5-6,13,18H,4,7-12H2/t18-/m0/s1. The van der Waals surface area contributed by atoms with Crippen LogP contribution in [0.5, 0.6) is 0 Å². The number of aryl methyl sites for hydroxylation is 2. The van der Waals surface area contributed by atoms with Crippen molar-refractivity contribution in [3.05, 3.63) is 52.7 Å². The maximum absolute atomic E-state index is 13.4. The summed E-state index contributed by atoms with van der Waals surface area (Å²) in [6, 6.07) is 10.0. The van der Waals surface area contributed by atoms with Crippen LogP contribution in [0.4, 0.5) is 0 Å². The monoisotopic (exact) mass is 411 g/mol. The largest absolute Gasteiger partial charge is 0.378 e. The van der Waals surface area contributed by atoms with Gasteiger partial charge in [-0.05, 0) is 30.4 Å². The van der Waals surface area contributed by atoms with Crippen molar-refractivity contribution in [3.63, 3.8) is 0 Å². The molecule has 144 valence electrons. The van der Waals surface area contributed by atoms with Crippen LogP contribution in [0.25, 0.3) is 10.2 Å². The zero-order valence-corrected chi connectivity index (χ0v) is 17.1. The Kier molecular flexibility index (Phi) is 5.05. The van der Waals surface area contributed by atoms with Gasteiger partial charge in [0.25, 0.3) is 0 Å². The van der Waals surface area contributed by atoms with Crippen LogP contribution >= 0.6 is 23.1 Å². The molecular formula is C21H21N3O2S2. The van der Waals surface area contributed by atoms with Gasteiger partial charge in [0.05, 0.1) is 13.2 Å². The van der Waals surface area contributed by atoms with Crippen molar-refractivity contribution < 1.29 is 9.53 Å². The molecule has 0 spiro atoms. The van der Waals surface area contributed by atoms with Gasteiger partial charge in [0.15, 0.2) is 0 Å². The van der Waals surface area contributed by atoms with Crippen LogP contribution in [-0.2, 0) is 22.4 Å². The number of nitrogens with zero attached hydrogens (tertiary/aromatic N) is 3. The number of thiophene rings is 1. The summed E-state index contributed by atoms with van der Waals surface area (Å²) in [7, 11) is 0. The van der Waals surface area contributed by atoms with Crippen molar-refractivity contribution in [1.82, 2.24) is 14.9 Å². The number of aromatic nitrogens is 2. The lowest BCUT2D eigenvalue weighted by Gasteiger charge is -2.30. The lowest BCUT2D eigenvalue weighted by molar-refractivity contribution is -0.134. The number of rotatable bonds is 4. The second-order valence-electron chi connectivity index (χ2n) is 7.06. The molecule has 0 saturated carbocycles. The van der Waals surface area contributed by atoms with E-state index in [4.69, 9.17) is 4.74 Å². The second-order valence-corrected chi connectivity index (χ2v) is 9.24. The Bertz CT molecular complexity index is 1000. The van der Waals surface area contributed by atoms with Gasteiger partial charge in [-0.15, -0.1) is 11.3 Å². The van der Waals surface area contributed by atoms with Crippen LogP contribution in [0.3, 0.4) is 0 Å². The van der Waals surface area contributed by atoms with Crippen LogP contribution in [0.1, 0.15) is 27.7 Å². The van der Waals surface area contributed by atoms with Gasteiger partial charge in [-0.3, -0.25) is 4.79 Å². The SMILES string of the molecule is O=C([C@@H](Sc1ncnc2sc3c(c12)CCC3)c1ccccc1)N1CCOCC1. The fourth-order valence-corrected chi connectivity index (χ4v) is 6.44. The summed E-state index contributed by atoms with van der Waals surface area (Å²) in [6.07, 6.45) is 5.06. The second kappa shape index (κ2) is 7.81. The zero-order valence-electron chi connectivity index (χ0n) is 15.5. The third-order valence-electron chi connectivity index (χ3n) is 5.35. The van der Waals surface area contributed by atoms with Crippen LogP contribution in [-0.4, -0.2) is 47.1 Å². The molecular weight excluding hydrogens is 390 g/mol. The molecule has 5 nitrogen and oxygen atoms in total. The molecule has 1 fully saturated rings. The van der Waals surface area contributed by atoms with E-state index in [0.29, 0.717) is 26.3 Å². The van der Waals surface area contributed by atoms with Crippen molar-refractivity contribution in [2.24, 2.45) is 0 Å². The molecule has 1 atom stereocenters. The van der Waals surface area contributed by atoms with Gasteiger partial charge in [0.2, 0.25) is 5.91 Å². The summed E-state index contributed by atoms with van der Waals surface area (Å²) in [6.45, 7) is 2.51.